The van der Waals surface area contributed by atoms with Crippen LogP contribution < -0.4 is 15.0 Å². The summed E-state index contributed by atoms with van der Waals surface area (Å²) in [6.07, 6.45) is 1.62. The Bertz CT molecular complexity index is 1620. The van der Waals surface area contributed by atoms with Crippen molar-refractivity contribution in [2.45, 2.75) is 12.3 Å². The second kappa shape index (κ2) is 10.9. The fraction of sp³-hybridized carbons (Fsp3) is 0.214. The molecule has 0 saturated carbocycles. The van der Waals surface area contributed by atoms with Crippen LogP contribution in [-0.2, 0) is 0 Å². The van der Waals surface area contributed by atoms with Gasteiger partial charge in [0.1, 0.15) is 34.0 Å². The van der Waals surface area contributed by atoms with Crippen molar-refractivity contribution < 1.29 is 28.2 Å². The SMILES string of the molecule is COc1cccc(OC)c1-n1c(-c2ccc(Cl)nc2)nc(=O)c(C(=O)N2CCC(c3c(F)cccc3F)C2)c1O. The highest BCUT2D eigenvalue weighted by Crippen LogP contribution is 2.39. The molecule has 1 fully saturated rings. The highest BCUT2D eigenvalue weighted by molar-refractivity contribution is 6.29. The quantitative estimate of drug-likeness (QED) is 0.339. The first-order chi connectivity index (χ1) is 19.2. The zero-order valence-electron chi connectivity index (χ0n) is 21.4. The maximum absolute atomic E-state index is 14.4. The van der Waals surface area contributed by atoms with Crippen LogP contribution in [0.15, 0.2) is 59.5 Å². The summed E-state index contributed by atoms with van der Waals surface area (Å²) in [5.41, 5.74) is -1.27. The molecule has 1 aliphatic rings. The lowest BCUT2D eigenvalue weighted by molar-refractivity contribution is 0.0784. The number of pyridine rings is 1. The van der Waals surface area contributed by atoms with E-state index in [4.69, 9.17) is 21.1 Å². The summed E-state index contributed by atoms with van der Waals surface area (Å²) in [7, 11) is 2.82. The second-order valence-electron chi connectivity index (χ2n) is 9.03. The van der Waals surface area contributed by atoms with Gasteiger partial charge in [0.2, 0.25) is 5.88 Å². The van der Waals surface area contributed by atoms with Gasteiger partial charge in [-0.15, -0.1) is 0 Å². The number of carbonyl (C=O) groups is 1. The van der Waals surface area contributed by atoms with E-state index < -0.39 is 40.5 Å². The molecule has 206 valence electrons. The van der Waals surface area contributed by atoms with E-state index in [0.29, 0.717) is 5.56 Å². The van der Waals surface area contributed by atoms with Crippen LogP contribution in [0.2, 0.25) is 5.15 Å². The van der Waals surface area contributed by atoms with Crippen molar-refractivity contribution in [1.82, 2.24) is 19.4 Å². The van der Waals surface area contributed by atoms with Crippen LogP contribution in [0.4, 0.5) is 8.78 Å². The van der Waals surface area contributed by atoms with Gasteiger partial charge in [-0.3, -0.25) is 14.2 Å². The lowest BCUT2D eigenvalue weighted by Crippen LogP contribution is -2.34. The third kappa shape index (κ3) is 4.73. The number of hydrogen-bond acceptors (Lipinski definition) is 7. The predicted molar refractivity (Wildman–Crippen MR) is 142 cm³/mol. The summed E-state index contributed by atoms with van der Waals surface area (Å²) in [5, 5.41) is 11.8. The standard InChI is InChI=1S/C28H23ClF2N4O5/c1-39-19-7-4-8-20(40-2)24(19)35-25(15-9-10-21(29)32-13-15)33-26(36)23(28(35)38)27(37)34-12-11-16(14-34)22-17(30)5-3-6-18(22)31/h3-10,13,16,38H,11-12,14H2,1-2H3. The van der Waals surface area contributed by atoms with E-state index >= 15 is 0 Å². The Morgan fingerprint density at radius 3 is 2.30 bits per heavy atom. The fourth-order valence-electron chi connectivity index (χ4n) is 4.90. The second-order valence-corrected chi connectivity index (χ2v) is 9.41. The molecule has 3 heterocycles. The molecular weight excluding hydrogens is 546 g/mol. The van der Waals surface area contributed by atoms with Gasteiger partial charge < -0.3 is 19.5 Å². The van der Waals surface area contributed by atoms with Gasteiger partial charge in [0, 0.05) is 36.3 Å². The lowest BCUT2D eigenvalue weighted by Gasteiger charge is -2.22. The zero-order valence-corrected chi connectivity index (χ0v) is 22.2. The number of methoxy groups -OCH3 is 2. The molecule has 1 saturated heterocycles. The number of rotatable bonds is 6. The molecule has 1 unspecified atom stereocenters. The van der Waals surface area contributed by atoms with Gasteiger partial charge in [-0.1, -0.05) is 23.7 Å². The van der Waals surface area contributed by atoms with Crippen molar-refractivity contribution in [1.29, 1.82) is 0 Å². The molecule has 2 aromatic carbocycles. The molecule has 0 radical (unpaired) electrons. The predicted octanol–water partition coefficient (Wildman–Crippen LogP) is 4.58. The molecule has 1 atom stereocenters. The summed E-state index contributed by atoms with van der Waals surface area (Å²) >= 11 is 5.94. The third-order valence-electron chi connectivity index (χ3n) is 6.78. The first kappa shape index (κ1) is 27.1. The Balaban J connectivity index is 1.66. The van der Waals surface area contributed by atoms with E-state index in [2.05, 4.69) is 9.97 Å². The molecule has 1 N–H and O–H groups in total. The molecule has 0 spiro atoms. The van der Waals surface area contributed by atoms with Crippen molar-refractivity contribution in [2.24, 2.45) is 0 Å². The Morgan fingerprint density at radius 2 is 1.70 bits per heavy atom. The number of ether oxygens (including phenoxy) is 2. The van der Waals surface area contributed by atoms with Gasteiger partial charge in [0.25, 0.3) is 11.5 Å². The zero-order chi connectivity index (χ0) is 28.6. The summed E-state index contributed by atoms with van der Waals surface area (Å²) in [6.45, 7) is 0.0490. The van der Waals surface area contributed by atoms with Gasteiger partial charge in [-0.05, 0) is 42.8 Å². The molecule has 0 aliphatic carbocycles. The normalized spacial score (nSPS) is 14.8. The number of benzene rings is 2. The Labute approximate surface area is 232 Å². The smallest absolute Gasteiger partial charge is 0.290 e. The topological polar surface area (TPSA) is 107 Å². The Kier molecular flexibility index (Phi) is 7.40. The Hall–Kier alpha value is -4.51. The van der Waals surface area contributed by atoms with Crippen LogP contribution >= 0.6 is 11.6 Å². The maximum Gasteiger partial charge on any atom is 0.290 e. The Morgan fingerprint density at radius 1 is 1.05 bits per heavy atom. The summed E-state index contributed by atoms with van der Waals surface area (Å²) < 4.78 is 41.0. The molecule has 12 heteroatoms. The van der Waals surface area contributed by atoms with Crippen molar-refractivity contribution in [3.05, 3.63) is 93.0 Å². The van der Waals surface area contributed by atoms with E-state index in [0.717, 1.165) is 12.1 Å². The fourth-order valence-corrected chi connectivity index (χ4v) is 5.01. The van der Waals surface area contributed by atoms with Crippen molar-refractivity contribution >= 4 is 17.5 Å². The van der Waals surface area contributed by atoms with Crippen LogP contribution in [0.3, 0.4) is 0 Å². The average molecular weight is 569 g/mol. The van der Waals surface area contributed by atoms with Crippen LogP contribution in [0.5, 0.6) is 17.4 Å². The van der Waals surface area contributed by atoms with Crippen molar-refractivity contribution in [3.8, 4) is 34.5 Å². The highest BCUT2D eigenvalue weighted by Gasteiger charge is 2.35. The minimum atomic E-state index is -1.00. The number of halogens is 3. The van der Waals surface area contributed by atoms with Crippen LogP contribution in [0, 0.1) is 11.6 Å². The number of carbonyl (C=O) groups excluding carboxylic acids is 1. The van der Waals surface area contributed by atoms with E-state index in [1.54, 1.807) is 24.3 Å². The number of amides is 1. The van der Waals surface area contributed by atoms with Crippen molar-refractivity contribution in [3.63, 3.8) is 0 Å². The molecule has 4 aromatic rings. The molecule has 5 rings (SSSR count). The van der Waals surface area contributed by atoms with E-state index in [-0.39, 0.29) is 53.2 Å². The van der Waals surface area contributed by atoms with E-state index in [9.17, 15) is 23.5 Å². The molecular formula is C28H23ClF2N4O5. The van der Waals surface area contributed by atoms with Gasteiger partial charge >= 0.3 is 0 Å². The molecule has 1 amide bonds. The largest absolute Gasteiger partial charge is 0.494 e. The van der Waals surface area contributed by atoms with Crippen LogP contribution in [0.1, 0.15) is 28.3 Å². The van der Waals surface area contributed by atoms with Crippen molar-refractivity contribution in [2.75, 3.05) is 27.3 Å². The van der Waals surface area contributed by atoms with Gasteiger partial charge in [-0.2, -0.15) is 4.98 Å². The number of hydrogen-bond donors (Lipinski definition) is 1. The lowest BCUT2D eigenvalue weighted by atomic mass is 9.97. The first-order valence-corrected chi connectivity index (χ1v) is 12.5. The van der Waals surface area contributed by atoms with Gasteiger partial charge in [-0.25, -0.2) is 13.8 Å². The third-order valence-corrected chi connectivity index (χ3v) is 7.00. The number of aromatic nitrogens is 3. The van der Waals surface area contributed by atoms with E-state index in [1.807, 2.05) is 0 Å². The minimum absolute atomic E-state index is 0.0567. The van der Waals surface area contributed by atoms with Gasteiger partial charge in [0.15, 0.2) is 11.4 Å². The maximum atomic E-state index is 14.4. The average Bonchev–Trinajstić information content (AvgIpc) is 3.42. The molecule has 40 heavy (non-hydrogen) atoms. The number of aromatic hydroxyl groups is 1. The summed E-state index contributed by atoms with van der Waals surface area (Å²) in [6, 6.07) is 11.5. The number of nitrogens with zero attached hydrogens (tertiary/aromatic N) is 4. The van der Waals surface area contributed by atoms with Crippen LogP contribution in [0.25, 0.3) is 17.1 Å². The number of likely N-dealkylation sites (tertiary alicyclic amines) is 1. The monoisotopic (exact) mass is 568 g/mol. The highest BCUT2D eigenvalue weighted by atomic mass is 35.5. The molecule has 2 aromatic heterocycles. The minimum Gasteiger partial charge on any atom is -0.494 e. The number of para-hydroxylation sites is 1. The summed E-state index contributed by atoms with van der Waals surface area (Å²) in [5.74, 6) is -3.17. The molecule has 1 aliphatic heterocycles. The van der Waals surface area contributed by atoms with E-state index in [1.165, 1.54) is 42.0 Å². The first-order valence-electron chi connectivity index (χ1n) is 12.2. The molecule has 0 bridgehead atoms. The summed E-state index contributed by atoms with van der Waals surface area (Å²) in [4.78, 5) is 36.4. The van der Waals surface area contributed by atoms with Crippen LogP contribution in [-0.4, -0.2) is 57.8 Å². The molecule has 9 nitrogen and oxygen atoms in total. The van der Waals surface area contributed by atoms with Gasteiger partial charge in [0.05, 0.1) is 14.2 Å².